The van der Waals surface area contributed by atoms with E-state index in [2.05, 4.69) is 0 Å². The minimum Gasteiger partial charge on any atom is -0.457 e. The van der Waals surface area contributed by atoms with Crippen LogP contribution in [0.25, 0.3) is 0 Å². The van der Waals surface area contributed by atoms with E-state index in [-0.39, 0.29) is 0 Å². The number of ether oxygens (including phenoxy) is 1. The van der Waals surface area contributed by atoms with Crippen molar-refractivity contribution in [3.8, 4) is 11.5 Å². The van der Waals surface area contributed by atoms with E-state index in [1.807, 2.05) is 25.1 Å². The zero-order chi connectivity index (χ0) is 13.1. The van der Waals surface area contributed by atoms with Gasteiger partial charge >= 0.3 is 0 Å². The van der Waals surface area contributed by atoms with Crippen molar-refractivity contribution in [1.82, 2.24) is 0 Å². The predicted molar refractivity (Wildman–Crippen MR) is 75.6 cm³/mol. The van der Waals surface area contributed by atoms with E-state index in [1.54, 1.807) is 18.2 Å². The number of hydrogen-bond donors (Lipinski definition) is 1. The topological polar surface area (TPSA) is 35.2 Å². The lowest BCUT2D eigenvalue weighted by Gasteiger charge is -2.12. The summed E-state index contributed by atoms with van der Waals surface area (Å²) >= 11 is 11.9. The molecule has 94 valence electrons. The number of nitrogens with two attached hydrogens (primary N) is 1. The highest BCUT2D eigenvalue weighted by Gasteiger charge is 2.07. The summed E-state index contributed by atoms with van der Waals surface area (Å²) < 4.78 is 5.84. The smallest absolute Gasteiger partial charge is 0.133 e. The maximum absolute atomic E-state index is 5.96. The van der Waals surface area contributed by atoms with E-state index in [0.29, 0.717) is 22.3 Å². The van der Waals surface area contributed by atoms with Crippen LogP contribution in [0.4, 0.5) is 0 Å². The Morgan fingerprint density at radius 3 is 2.33 bits per heavy atom. The van der Waals surface area contributed by atoms with Crippen molar-refractivity contribution in [3.05, 3.63) is 57.6 Å². The van der Waals surface area contributed by atoms with Crippen molar-refractivity contribution in [3.63, 3.8) is 0 Å². The van der Waals surface area contributed by atoms with Crippen LogP contribution in [0.2, 0.25) is 10.0 Å². The van der Waals surface area contributed by atoms with Crippen LogP contribution in [0.15, 0.2) is 36.4 Å². The number of halogens is 2. The molecule has 0 unspecified atom stereocenters. The van der Waals surface area contributed by atoms with Gasteiger partial charge in [-0.05, 0) is 42.8 Å². The molecular weight excluding hydrogens is 269 g/mol. The van der Waals surface area contributed by atoms with Crippen LogP contribution < -0.4 is 10.5 Å². The third kappa shape index (κ3) is 2.96. The van der Waals surface area contributed by atoms with Crippen LogP contribution >= 0.6 is 23.2 Å². The van der Waals surface area contributed by atoms with Gasteiger partial charge in [0.05, 0.1) is 0 Å². The zero-order valence-electron chi connectivity index (χ0n) is 9.91. The molecule has 18 heavy (non-hydrogen) atoms. The SMILES string of the molecule is Cc1cc(Cl)ccc1Oc1cc(Cl)ccc1CN. The van der Waals surface area contributed by atoms with Gasteiger partial charge in [0.25, 0.3) is 0 Å². The molecule has 0 radical (unpaired) electrons. The first-order chi connectivity index (χ1) is 8.60. The maximum atomic E-state index is 5.96. The van der Waals surface area contributed by atoms with Crippen LogP contribution in [-0.2, 0) is 6.54 Å². The molecule has 2 aromatic rings. The third-order valence-corrected chi connectivity index (χ3v) is 3.08. The summed E-state index contributed by atoms with van der Waals surface area (Å²) in [4.78, 5) is 0. The molecule has 0 amide bonds. The Hall–Kier alpha value is -1.22. The van der Waals surface area contributed by atoms with E-state index >= 15 is 0 Å². The van der Waals surface area contributed by atoms with Gasteiger partial charge in [0.15, 0.2) is 0 Å². The number of rotatable bonds is 3. The first-order valence-electron chi connectivity index (χ1n) is 5.52. The molecule has 0 aromatic heterocycles. The lowest BCUT2D eigenvalue weighted by Crippen LogP contribution is -1.99. The monoisotopic (exact) mass is 281 g/mol. The lowest BCUT2D eigenvalue weighted by molar-refractivity contribution is 0.473. The Labute approximate surface area is 116 Å². The second kappa shape index (κ2) is 5.61. The van der Waals surface area contributed by atoms with Gasteiger partial charge in [-0.25, -0.2) is 0 Å². The Morgan fingerprint density at radius 1 is 1.00 bits per heavy atom. The van der Waals surface area contributed by atoms with E-state index in [1.165, 1.54) is 0 Å². The highest BCUT2D eigenvalue weighted by atomic mass is 35.5. The Kier molecular flexibility index (Phi) is 4.12. The largest absolute Gasteiger partial charge is 0.457 e. The van der Waals surface area contributed by atoms with Gasteiger partial charge in [-0.3, -0.25) is 0 Å². The first-order valence-corrected chi connectivity index (χ1v) is 6.28. The average molecular weight is 282 g/mol. The average Bonchev–Trinajstić information content (AvgIpc) is 2.33. The fourth-order valence-electron chi connectivity index (χ4n) is 1.64. The minimum absolute atomic E-state index is 0.402. The summed E-state index contributed by atoms with van der Waals surface area (Å²) in [6.07, 6.45) is 0. The highest BCUT2D eigenvalue weighted by Crippen LogP contribution is 2.31. The summed E-state index contributed by atoms with van der Waals surface area (Å²) in [6.45, 7) is 2.34. The molecule has 2 nitrogen and oxygen atoms in total. The number of aryl methyl sites for hydroxylation is 1. The molecule has 0 spiro atoms. The van der Waals surface area contributed by atoms with Crippen LogP contribution in [0, 0.1) is 6.92 Å². The molecule has 0 atom stereocenters. The second-order valence-corrected chi connectivity index (χ2v) is 4.84. The van der Waals surface area contributed by atoms with Gasteiger partial charge in [-0.15, -0.1) is 0 Å². The van der Waals surface area contributed by atoms with E-state index in [9.17, 15) is 0 Å². The molecular formula is C14H13Cl2NO. The number of benzene rings is 2. The molecule has 4 heteroatoms. The molecule has 0 aliphatic carbocycles. The molecule has 0 aliphatic heterocycles. The highest BCUT2D eigenvalue weighted by molar-refractivity contribution is 6.31. The summed E-state index contributed by atoms with van der Waals surface area (Å²) in [7, 11) is 0. The Morgan fingerprint density at radius 2 is 1.67 bits per heavy atom. The van der Waals surface area contributed by atoms with Gasteiger partial charge in [0.1, 0.15) is 11.5 Å². The third-order valence-electron chi connectivity index (χ3n) is 2.61. The molecule has 2 N–H and O–H groups in total. The van der Waals surface area contributed by atoms with Crippen molar-refractivity contribution in [2.24, 2.45) is 5.73 Å². The van der Waals surface area contributed by atoms with Crippen molar-refractivity contribution in [1.29, 1.82) is 0 Å². The Bertz CT molecular complexity index is 570. The molecule has 0 aliphatic rings. The van der Waals surface area contributed by atoms with Crippen LogP contribution in [-0.4, -0.2) is 0 Å². The quantitative estimate of drug-likeness (QED) is 0.896. The molecule has 2 aromatic carbocycles. The van der Waals surface area contributed by atoms with E-state index in [0.717, 1.165) is 16.9 Å². The van der Waals surface area contributed by atoms with Gasteiger partial charge in [0.2, 0.25) is 0 Å². The van der Waals surface area contributed by atoms with Gasteiger partial charge < -0.3 is 10.5 Å². The second-order valence-electron chi connectivity index (χ2n) is 3.97. The maximum Gasteiger partial charge on any atom is 0.133 e. The fraction of sp³-hybridized carbons (Fsp3) is 0.143. The van der Waals surface area contributed by atoms with Crippen molar-refractivity contribution < 1.29 is 4.74 Å². The molecule has 0 bridgehead atoms. The summed E-state index contributed by atoms with van der Waals surface area (Å²) in [5, 5.41) is 1.30. The van der Waals surface area contributed by atoms with Crippen LogP contribution in [0.1, 0.15) is 11.1 Å². The summed E-state index contributed by atoms with van der Waals surface area (Å²) in [6, 6.07) is 10.9. The zero-order valence-corrected chi connectivity index (χ0v) is 11.4. The predicted octanol–water partition coefficient (Wildman–Crippen LogP) is 4.55. The van der Waals surface area contributed by atoms with Crippen molar-refractivity contribution in [2.75, 3.05) is 0 Å². The fourth-order valence-corrected chi connectivity index (χ4v) is 2.03. The molecule has 0 heterocycles. The first kappa shape index (κ1) is 13.2. The molecule has 0 saturated carbocycles. The van der Waals surface area contributed by atoms with Gasteiger partial charge in [-0.2, -0.15) is 0 Å². The standard InChI is InChI=1S/C14H13Cl2NO/c1-9-6-11(15)4-5-13(9)18-14-7-12(16)3-2-10(14)8-17/h2-7H,8,17H2,1H3. The lowest BCUT2D eigenvalue weighted by atomic mass is 10.2. The van der Waals surface area contributed by atoms with E-state index < -0.39 is 0 Å². The van der Waals surface area contributed by atoms with Crippen molar-refractivity contribution in [2.45, 2.75) is 13.5 Å². The number of hydrogen-bond acceptors (Lipinski definition) is 2. The molecule has 0 fully saturated rings. The van der Waals surface area contributed by atoms with Gasteiger partial charge in [0, 0.05) is 22.2 Å². The van der Waals surface area contributed by atoms with Crippen LogP contribution in [0.5, 0.6) is 11.5 Å². The normalized spacial score (nSPS) is 10.4. The minimum atomic E-state index is 0.402. The molecule has 2 rings (SSSR count). The van der Waals surface area contributed by atoms with Crippen LogP contribution in [0.3, 0.4) is 0 Å². The Balaban J connectivity index is 2.36. The van der Waals surface area contributed by atoms with E-state index in [4.69, 9.17) is 33.7 Å². The molecule has 0 saturated heterocycles. The summed E-state index contributed by atoms with van der Waals surface area (Å²) in [5.41, 5.74) is 7.55. The van der Waals surface area contributed by atoms with Gasteiger partial charge in [-0.1, -0.05) is 29.3 Å². The van der Waals surface area contributed by atoms with Crippen molar-refractivity contribution >= 4 is 23.2 Å². The summed E-state index contributed by atoms with van der Waals surface area (Å²) in [5.74, 6) is 1.42.